The minimum Gasteiger partial charge on any atom is -0.452 e. The molecule has 0 saturated heterocycles. The monoisotopic (exact) mass is 805 g/mol. The van der Waals surface area contributed by atoms with Gasteiger partial charge in [-0.3, -0.25) is 9.59 Å². The summed E-state index contributed by atoms with van der Waals surface area (Å²) in [6.45, 7) is 21.1. The van der Waals surface area contributed by atoms with Gasteiger partial charge in [0.25, 0.3) is 0 Å². The minimum atomic E-state index is -0.241. The van der Waals surface area contributed by atoms with E-state index in [1.165, 1.54) is 89.0 Å². The van der Waals surface area contributed by atoms with Gasteiger partial charge < -0.3 is 14.4 Å². The first-order chi connectivity index (χ1) is 26.9. The Morgan fingerprint density at radius 2 is 1.26 bits per heavy atom. The molecule has 5 nitrogen and oxygen atoms in total. The van der Waals surface area contributed by atoms with E-state index in [9.17, 15) is 19.5 Å². The number of hydrogen-bond acceptors (Lipinski definition) is 5. The molecule has 1 N–H and O–H groups in total. The highest BCUT2D eigenvalue weighted by Crippen LogP contribution is 2.69. The molecule has 320 valence electrons. The Morgan fingerprint density at radius 3 is 1.86 bits per heavy atom. The van der Waals surface area contributed by atoms with Gasteiger partial charge in [0.1, 0.15) is 5.78 Å². The second kappa shape index (κ2) is 16.5. The summed E-state index contributed by atoms with van der Waals surface area (Å²) in [5.41, 5.74) is 4.21. The summed E-state index contributed by atoms with van der Waals surface area (Å²) in [5, 5.41) is 11.3. The van der Waals surface area contributed by atoms with E-state index in [0.717, 1.165) is 43.4 Å². The van der Waals surface area contributed by atoms with Gasteiger partial charge in [0.05, 0.1) is 15.6 Å². The molecule has 8 aliphatic rings. The highest BCUT2D eigenvalue weighted by atomic mass is 31.0. The Morgan fingerprint density at radius 1 is 0.737 bits per heavy atom. The number of hydrogen-bond donors (Lipinski definition) is 1. The maximum atomic E-state index is 13.4. The molecule has 18 atom stereocenters. The van der Waals surface area contributed by atoms with Crippen molar-refractivity contribution in [2.24, 2.45) is 92.7 Å². The van der Waals surface area contributed by atoms with Crippen molar-refractivity contribution in [3.8, 4) is 0 Å². The first-order valence-corrected chi connectivity index (χ1v) is 24.4. The number of aliphatic hydroxyl groups is 1. The van der Waals surface area contributed by atoms with Crippen LogP contribution in [0.25, 0.3) is 0 Å². The fourth-order valence-corrected chi connectivity index (χ4v) is 16.7. The number of Topliss-reactive ketones (excluding diaryl/α,β-unsaturated/α-hetero) is 1. The Kier molecular flexibility index (Phi) is 12.7. The maximum absolute atomic E-state index is 13.4. The van der Waals surface area contributed by atoms with Crippen LogP contribution in [-0.4, -0.2) is 28.7 Å². The zero-order valence-electron chi connectivity index (χ0n) is 37.5. The van der Waals surface area contributed by atoms with Crippen molar-refractivity contribution in [1.82, 2.24) is 0 Å². The van der Waals surface area contributed by atoms with Crippen molar-refractivity contribution < 1.29 is 24.0 Å². The zero-order valence-corrected chi connectivity index (χ0v) is 38.7. The van der Waals surface area contributed by atoms with Crippen LogP contribution in [0.2, 0.25) is 0 Å². The number of carbonyl (C=O) groups is 3. The summed E-state index contributed by atoms with van der Waals surface area (Å²) in [5.74, 6) is 7.63. The highest BCUT2D eigenvalue weighted by molar-refractivity contribution is 7.10. The van der Waals surface area contributed by atoms with Crippen molar-refractivity contribution in [2.75, 3.05) is 0 Å². The summed E-state index contributed by atoms with van der Waals surface area (Å²) in [6.07, 6.45) is 24.9. The molecule has 8 rings (SSSR count). The van der Waals surface area contributed by atoms with E-state index < -0.39 is 0 Å². The number of rotatable bonds is 8. The van der Waals surface area contributed by atoms with E-state index in [4.69, 9.17) is 4.52 Å². The predicted octanol–water partition coefficient (Wildman–Crippen LogP) is 12.3. The summed E-state index contributed by atoms with van der Waals surface area (Å²) in [4.78, 5) is 36.5. The Labute approximate surface area is 349 Å². The molecule has 0 heterocycles. The van der Waals surface area contributed by atoms with Crippen LogP contribution in [0.15, 0.2) is 23.3 Å². The smallest absolute Gasteiger partial charge is 0.307 e. The molecule has 0 aromatic carbocycles. The molecule has 7 unspecified atom stereocenters. The predicted molar refractivity (Wildman–Crippen MR) is 234 cm³/mol. The fourth-order valence-electron chi connectivity index (χ4n) is 16.6. The van der Waals surface area contributed by atoms with Gasteiger partial charge in [0.2, 0.25) is 0 Å². The molecule has 6 heteroatoms. The van der Waals surface area contributed by atoms with Crippen LogP contribution < -0.4 is 0 Å². The van der Waals surface area contributed by atoms with E-state index in [1.807, 2.05) is 0 Å². The van der Waals surface area contributed by atoms with Crippen LogP contribution in [0.4, 0.5) is 0 Å². The van der Waals surface area contributed by atoms with Crippen molar-refractivity contribution >= 4 is 27.0 Å². The third-order valence-electron chi connectivity index (χ3n) is 20.0. The molecule has 0 aromatic heterocycles. The van der Waals surface area contributed by atoms with Crippen molar-refractivity contribution in [3.05, 3.63) is 23.3 Å². The molecule has 0 bridgehead atoms. The van der Waals surface area contributed by atoms with Gasteiger partial charge in [-0.2, -0.15) is 0 Å². The van der Waals surface area contributed by atoms with Crippen LogP contribution in [0.1, 0.15) is 178 Å². The molecule has 6 saturated carbocycles. The molecule has 6 fully saturated rings. The van der Waals surface area contributed by atoms with Crippen LogP contribution in [0.3, 0.4) is 0 Å². The standard InChI is InChI=1S/C26H42O2.C25H39O3P/c1-16-10-12-25(4)19(14-16)15-23(28)24-21-9-8-20(17(2)6-7-18(3)27)26(21,5)13-11-22(24)25;1-15-9-11-24(3)17(13-15)14-21(26)23-19-7-6-18(16(2)5-8-22(27)28-29)25(19,4)12-10-20(23)24/h15-17,20-24,28H,6-14H2,1-5H3;14-16,18-20,23H,5-13,29H2,1-4H3/t16-,17-,20-,21?,22?,23-,24?,25+,26-;15-,16-,18-,19?,20?,23?,24+,25-/m11/s1. The normalized spacial score (nSPS) is 46.9. The quantitative estimate of drug-likeness (QED) is 0.195. The molecule has 0 aliphatic heterocycles. The number of aliphatic hydroxyl groups excluding tert-OH is 1. The van der Waals surface area contributed by atoms with Gasteiger partial charge in [-0.05, 0) is 202 Å². The summed E-state index contributed by atoms with van der Waals surface area (Å²) < 4.78 is 4.78. The Balaban J connectivity index is 0.000000174. The van der Waals surface area contributed by atoms with Crippen LogP contribution in [0, 0.1) is 92.7 Å². The zero-order chi connectivity index (χ0) is 41.2. The Hall–Kier alpha value is -1.32. The van der Waals surface area contributed by atoms with Crippen LogP contribution in [0.5, 0.6) is 0 Å². The lowest BCUT2D eigenvalue weighted by molar-refractivity contribution is -0.135. The number of fused-ring (bicyclic) bond motifs is 10. The summed E-state index contributed by atoms with van der Waals surface area (Å²) in [7, 11) is 2.07. The molecular formula is C51H81O5P. The fraction of sp³-hybridized carbons (Fsp3) is 0.863. The molecule has 0 spiro atoms. The van der Waals surface area contributed by atoms with Gasteiger partial charge in [-0.25, -0.2) is 0 Å². The van der Waals surface area contributed by atoms with E-state index in [0.29, 0.717) is 76.2 Å². The number of ketones is 2. The van der Waals surface area contributed by atoms with E-state index in [-0.39, 0.29) is 28.8 Å². The third-order valence-corrected chi connectivity index (χ3v) is 20.2. The second-order valence-electron chi connectivity index (χ2n) is 23.0. The van der Waals surface area contributed by atoms with Gasteiger partial charge in [0.15, 0.2) is 5.78 Å². The van der Waals surface area contributed by atoms with E-state index in [1.54, 1.807) is 12.5 Å². The lowest BCUT2D eigenvalue weighted by Crippen LogP contribution is -2.54. The Bertz CT molecular complexity index is 1600. The number of allylic oxidation sites excluding steroid dienone is 3. The second-order valence-corrected chi connectivity index (χ2v) is 23.2. The first-order valence-electron chi connectivity index (χ1n) is 23.9. The molecule has 0 aromatic rings. The third kappa shape index (κ3) is 7.67. The molecular weight excluding hydrogens is 724 g/mol. The topological polar surface area (TPSA) is 80.7 Å². The highest BCUT2D eigenvalue weighted by Gasteiger charge is 2.63. The van der Waals surface area contributed by atoms with E-state index in [2.05, 4.69) is 77.0 Å². The minimum absolute atomic E-state index is 0.134. The number of carbonyl (C=O) groups excluding carboxylic acids is 3. The van der Waals surface area contributed by atoms with Crippen molar-refractivity contribution in [1.29, 1.82) is 0 Å². The van der Waals surface area contributed by atoms with Gasteiger partial charge in [-0.15, -0.1) is 0 Å². The first kappa shape index (κ1) is 43.8. The van der Waals surface area contributed by atoms with Gasteiger partial charge in [-0.1, -0.05) is 72.6 Å². The largest absolute Gasteiger partial charge is 0.452 e. The lowest BCUT2D eigenvalue weighted by Gasteiger charge is -2.59. The lowest BCUT2D eigenvalue weighted by atomic mass is 9.46. The van der Waals surface area contributed by atoms with Gasteiger partial charge >= 0.3 is 5.97 Å². The summed E-state index contributed by atoms with van der Waals surface area (Å²) >= 11 is 0. The summed E-state index contributed by atoms with van der Waals surface area (Å²) in [6, 6.07) is 0. The van der Waals surface area contributed by atoms with Crippen LogP contribution in [-0.2, 0) is 18.9 Å². The van der Waals surface area contributed by atoms with E-state index >= 15 is 0 Å². The molecule has 0 amide bonds. The van der Waals surface area contributed by atoms with Crippen molar-refractivity contribution in [2.45, 2.75) is 184 Å². The average molecular weight is 805 g/mol. The van der Waals surface area contributed by atoms with Gasteiger partial charge in [0, 0.05) is 18.8 Å². The molecule has 8 aliphatic carbocycles. The average Bonchev–Trinajstić information content (AvgIpc) is 3.71. The SMILES string of the molecule is CC(=O)CC[C@@H](C)[C@H]1CCC2C3C(CC[C@@]21C)[C@@]1(C)CC[C@@H](C)CC1=C[C@H]3O.C[C@@H]1CC[C@@]2(C)C(=CC(=O)C3C2CC[C@@]2(C)C3CC[C@@H]2[C@H](C)CCC(=O)OP)C1. The van der Waals surface area contributed by atoms with Crippen LogP contribution >= 0.6 is 9.47 Å². The maximum Gasteiger partial charge on any atom is 0.307 e. The molecule has 57 heavy (non-hydrogen) atoms. The van der Waals surface area contributed by atoms with Crippen molar-refractivity contribution in [3.63, 3.8) is 0 Å². The molecule has 0 radical (unpaired) electrons.